The summed E-state index contributed by atoms with van der Waals surface area (Å²) >= 11 is 0. The van der Waals surface area contributed by atoms with Gasteiger partial charge in [-0.3, -0.25) is 0 Å². The molecule has 0 amide bonds. The van der Waals surface area contributed by atoms with Crippen LogP contribution in [0.3, 0.4) is 0 Å². The second-order valence-electron chi connectivity index (χ2n) is 10.4. The Labute approximate surface area is 258 Å². The largest absolute Gasteiger partial charge is 0.358 e. The van der Waals surface area contributed by atoms with Crippen LogP contribution >= 0.6 is 0 Å². The summed E-state index contributed by atoms with van der Waals surface area (Å²) in [6.07, 6.45) is 0. The average Bonchev–Trinajstić information content (AvgIpc) is 3.29. The molecule has 42 heavy (non-hydrogen) atoms. The smallest absolute Gasteiger partial charge is 0.0979 e. The third-order valence-electron chi connectivity index (χ3n) is 7.58. The number of nitrogens with zero attached hydrogens (tertiary/aromatic N) is 2. The molecule has 0 N–H and O–H groups in total. The maximum absolute atomic E-state index is 5.40. The third kappa shape index (κ3) is 5.25. The summed E-state index contributed by atoms with van der Waals surface area (Å²) < 4.78 is 0. The van der Waals surface area contributed by atoms with Crippen molar-refractivity contribution in [1.82, 2.24) is 0 Å². The van der Waals surface area contributed by atoms with E-state index in [-0.39, 0.29) is 23.9 Å². The molecule has 0 saturated carbocycles. The first-order valence-corrected chi connectivity index (χ1v) is 13.7. The van der Waals surface area contributed by atoms with Crippen LogP contribution in [-0.2, 0) is 16.5 Å². The first-order valence-electron chi connectivity index (χ1n) is 13.7. The van der Waals surface area contributed by atoms with Gasteiger partial charge in [0.1, 0.15) is 0 Å². The van der Waals surface area contributed by atoms with Crippen molar-refractivity contribution in [3.8, 4) is 22.3 Å². The predicted molar refractivity (Wildman–Crippen MR) is 176 cm³/mol. The average molecular weight is 586 g/mol. The Morgan fingerprint density at radius 1 is 0.429 bits per heavy atom. The van der Waals surface area contributed by atoms with E-state index in [4.69, 9.17) is 9.98 Å². The molecule has 0 saturated heterocycles. The van der Waals surface area contributed by atoms with E-state index in [1.54, 1.807) is 0 Å². The van der Waals surface area contributed by atoms with E-state index in [9.17, 15) is 0 Å². The first-order chi connectivity index (χ1) is 19.7. The molecule has 0 aromatic heterocycles. The van der Waals surface area contributed by atoms with Gasteiger partial charge < -0.3 is 7.43 Å². The van der Waals surface area contributed by atoms with Crippen molar-refractivity contribution in [2.24, 2.45) is 9.98 Å². The van der Waals surface area contributed by atoms with Gasteiger partial charge in [-0.1, -0.05) is 120 Å². The molecule has 0 atom stereocenters. The number of aliphatic imine (C=N–C) groups is 2. The summed E-state index contributed by atoms with van der Waals surface area (Å²) in [5.41, 5.74) is 12.9. The van der Waals surface area contributed by atoms with Gasteiger partial charge in [-0.05, 0) is 54.6 Å². The molecule has 0 bridgehead atoms. The van der Waals surface area contributed by atoms with Crippen LogP contribution in [0.2, 0.25) is 0 Å². The van der Waals surface area contributed by atoms with Gasteiger partial charge in [0, 0.05) is 44.1 Å². The maximum atomic E-state index is 5.40. The molecule has 0 spiro atoms. The van der Waals surface area contributed by atoms with E-state index in [0.717, 1.165) is 56.2 Å². The minimum Gasteiger partial charge on any atom is -0.358 e. The molecule has 0 fully saturated rings. The standard InChI is InChI=1S/C38H28N2.CH3.Ni/c1-25-19-21-34(32(23-25)27-11-5-3-6-12-27)39-37-30-17-9-15-29-16-10-18-31(36(29)30)38(37)40-35-22-20-26(2)24-33(35)28-13-7-4-8-14-28;;/h3-24H,1-2H3;1H3;/q;-1;. The van der Waals surface area contributed by atoms with E-state index >= 15 is 0 Å². The van der Waals surface area contributed by atoms with E-state index in [1.807, 2.05) is 0 Å². The molecule has 0 radical (unpaired) electrons. The molecule has 1 aliphatic carbocycles. The van der Waals surface area contributed by atoms with Gasteiger partial charge in [0.05, 0.1) is 22.8 Å². The molecule has 2 nitrogen and oxygen atoms in total. The Morgan fingerprint density at radius 3 is 1.29 bits per heavy atom. The second-order valence-corrected chi connectivity index (χ2v) is 10.4. The van der Waals surface area contributed by atoms with Crippen molar-refractivity contribution in [3.05, 3.63) is 163 Å². The molecule has 6 aromatic carbocycles. The number of rotatable bonds is 4. The van der Waals surface area contributed by atoms with Crippen LogP contribution in [-0.4, -0.2) is 11.4 Å². The monoisotopic (exact) mass is 585 g/mol. The molecule has 0 aliphatic heterocycles. The fourth-order valence-corrected chi connectivity index (χ4v) is 5.65. The predicted octanol–water partition coefficient (Wildman–Crippen LogP) is 10.5. The van der Waals surface area contributed by atoms with Gasteiger partial charge in [0.2, 0.25) is 0 Å². The van der Waals surface area contributed by atoms with Gasteiger partial charge in [0.25, 0.3) is 0 Å². The van der Waals surface area contributed by atoms with Crippen molar-refractivity contribution in [3.63, 3.8) is 0 Å². The molecular weight excluding hydrogens is 555 g/mol. The van der Waals surface area contributed by atoms with Crippen LogP contribution in [0, 0.1) is 21.3 Å². The van der Waals surface area contributed by atoms with Crippen molar-refractivity contribution in [2.75, 3.05) is 0 Å². The van der Waals surface area contributed by atoms with E-state index in [0.29, 0.717) is 0 Å². The zero-order chi connectivity index (χ0) is 27.1. The Bertz CT molecular complexity index is 1810. The molecule has 6 aromatic rings. The summed E-state index contributed by atoms with van der Waals surface area (Å²) in [5, 5.41) is 2.41. The Hall–Kier alpha value is -4.59. The fourth-order valence-electron chi connectivity index (χ4n) is 5.65. The number of hydrogen-bond donors (Lipinski definition) is 0. The molecule has 0 heterocycles. The molecule has 0 unspecified atom stereocenters. The first kappa shape index (κ1) is 28.9. The Kier molecular flexibility index (Phi) is 8.34. The van der Waals surface area contributed by atoms with Crippen LogP contribution in [0.25, 0.3) is 33.0 Å². The van der Waals surface area contributed by atoms with Crippen LogP contribution in [0.1, 0.15) is 22.3 Å². The molecule has 7 rings (SSSR count). The summed E-state index contributed by atoms with van der Waals surface area (Å²) in [7, 11) is 0. The molecule has 1 aliphatic rings. The quantitative estimate of drug-likeness (QED) is 0.145. The SMILES string of the molecule is Cc1ccc(N=C2C(=Nc3ccc(C)cc3-c3ccccc3)c3cccc4cccc2c34)c(-c2ccccc2)c1.[CH3-].[Ni]. The second kappa shape index (κ2) is 12.1. The van der Waals surface area contributed by atoms with E-state index in [2.05, 4.69) is 147 Å². The normalized spacial score (nSPS) is 13.7. The fraction of sp³-hybridized carbons (Fsp3) is 0.0513. The van der Waals surface area contributed by atoms with Gasteiger partial charge in [0.15, 0.2) is 0 Å². The summed E-state index contributed by atoms with van der Waals surface area (Å²) in [6.45, 7) is 4.26. The van der Waals surface area contributed by atoms with E-state index < -0.39 is 0 Å². The van der Waals surface area contributed by atoms with Crippen molar-refractivity contribution in [1.29, 1.82) is 0 Å². The third-order valence-corrected chi connectivity index (χ3v) is 7.58. The number of aryl methyl sites for hydroxylation is 2. The molecule has 208 valence electrons. The summed E-state index contributed by atoms with van der Waals surface area (Å²) in [5.74, 6) is 0. The molecular formula is C39H31N2Ni-. The van der Waals surface area contributed by atoms with Crippen molar-refractivity contribution >= 4 is 33.6 Å². The van der Waals surface area contributed by atoms with Gasteiger partial charge in [-0.2, -0.15) is 0 Å². The van der Waals surface area contributed by atoms with Gasteiger partial charge >= 0.3 is 0 Å². The van der Waals surface area contributed by atoms with Crippen LogP contribution < -0.4 is 0 Å². The van der Waals surface area contributed by atoms with E-state index in [1.165, 1.54) is 21.9 Å². The summed E-state index contributed by atoms with van der Waals surface area (Å²) in [6, 6.07) is 46.9. The topological polar surface area (TPSA) is 24.7 Å². The van der Waals surface area contributed by atoms with Gasteiger partial charge in [-0.15, -0.1) is 0 Å². The van der Waals surface area contributed by atoms with Crippen LogP contribution in [0.5, 0.6) is 0 Å². The number of benzene rings is 6. The van der Waals surface area contributed by atoms with Crippen molar-refractivity contribution < 1.29 is 16.5 Å². The number of hydrogen-bond acceptors (Lipinski definition) is 2. The van der Waals surface area contributed by atoms with Crippen molar-refractivity contribution in [2.45, 2.75) is 13.8 Å². The summed E-state index contributed by atoms with van der Waals surface area (Å²) in [4.78, 5) is 10.8. The minimum atomic E-state index is 0. The zero-order valence-electron chi connectivity index (χ0n) is 23.9. The minimum absolute atomic E-state index is 0. The Morgan fingerprint density at radius 2 is 0.857 bits per heavy atom. The van der Waals surface area contributed by atoms with Crippen LogP contribution in [0.15, 0.2) is 143 Å². The Balaban J connectivity index is 0.00000176. The molecule has 3 heteroatoms. The maximum Gasteiger partial charge on any atom is 0.0979 e. The van der Waals surface area contributed by atoms with Crippen LogP contribution in [0.4, 0.5) is 11.4 Å². The zero-order valence-corrected chi connectivity index (χ0v) is 24.9. The van der Waals surface area contributed by atoms with Gasteiger partial charge in [-0.25, -0.2) is 9.98 Å².